The van der Waals surface area contributed by atoms with Crippen LogP contribution in [0, 0.1) is 71.1 Å². The Labute approximate surface area is 440 Å². The molecule has 5 heterocycles. The van der Waals surface area contributed by atoms with E-state index in [9.17, 15) is 49.9 Å². The maximum absolute atomic E-state index is 14.3. The largest absolute Gasteiger partial charge is 3.00 e. The molecule has 4 aromatic rings. The van der Waals surface area contributed by atoms with E-state index in [1.807, 2.05) is 60.7 Å². The molecule has 0 atom stereocenters. The van der Waals surface area contributed by atoms with E-state index in [1.54, 1.807) is 6.07 Å². The van der Waals surface area contributed by atoms with Crippen LogP contribution in [-0.4, -0.2) is 150 Å². The monoisotopic (exact) mass is 1230 g/mol. The van der Waals surface area contributed by atoms with Crippen molar-refractivity contribution in [2.75, 3.05) is 79.0 Å². The summed E-state index contributed by atoms with van der Waals surface area (Å²) < 4.78 is 202. The van der Waals surface area contributed by atoms with Crippen molar-refractivity contribution >= 4 is 51.9 Å². The summed E-state index contributed by atoms with van der Waals surface area (Å²) in [4.78, 5) is 4.34. The van der Waals surface area contributed by atoms with Crippen molar-refractivity contribution in [2.24, 2.45) is 0 Å². The van der Waals surface area contributed by atoms with Gasteiger partial charge in [0, 0.05) is 45.2 Å². The zero-order chi connectivity index (χ0) is 52.4. The van der Waals surface area contributed by atoms with E-state index >= 15 is 0 Å². The summed E-state index contributed by atoms with van der Waals surface area (Å²) in [7, 11) is -18.3. The maximum Gasteiger partial charge on any atom is 3.00 e. The molecule has 1 saturated heterocycles. The molecule has 0 radical (unpaired) electrons. The first-order chi connectivity index (χ1) is 31.9. The van der Waals surface area contributed by atoms with Crippen molar-refractivity contribution < 1.29 is 162 Å². The van der Waals surface area contributed by atoms with Crippen molar-refractivity contribution in [1.82, 2.24) is 9.80 Å². The molecule has 2 aromatic heterocycles. The molecule has 0 spiro atoms. The van der Waals surface area contributed by atoms with Crippen LogP contribution >= 0.6 is 0 Å². The number of fused-ring (bicyclic) bond motifs is 16. The van der Waals surface area contributed by atoms with Crippen LogP contribution in [0.4, 0.5) is 39.5 Å². The minimum Gasteiger partial charge on any atom is -0.741 e. The summed E-state index contributed by atoms with van der Waals surface area (Å²) in [5.74, 6) is 0. The number of nitrogens with zero attached hydrogens (tertiary/aromatic N) is 5. The third kappa shape index (κ3) is 22.4. The summed E-state index contributed by atoms with van der Waals surface area (Å²) in [6.45, 7) is 8.63. The Kier molecular flexibility index (Phi) is 28.8. The number of pyridine rings is 2. The summed E-state index contributed by atoms with van der Waals surface area (Å²) in [5.41, 5.74) is -15.1. The third-order valence-corrected chi connectivity index (χ3v) is 10.6. The first kappa shape index (κ1) is 67.8. The molecule has 34 heteroatoms. The Hall–Kier alpha value is -3.25. The normalized spacial score (nSPS) is 17.7. The van der Waals surface area contributed by atoms with Crippen LogP contribution < -0.4 is 9.46 Å². The summed E-state index contributed by atoms with van der Waals surface area (Å²) >= 11 is 0. The van der Waals surface area contributed by atoms with Gasteiger partial charge in [0.15, 0.2) is 30.4 Å². The summed E-state index contributed by atoms with van der Waals surface area (Å²) in [5, 5.41) is 39.4. The number of benzene rings is 2. The van der Waals surface area contributed by atoms with E-state index in [1.165, 1.54) is 6.92 Å². The Morgan fingerprint density at radius 3 is 0.986 bits per heavy atom. The summed E-state index contributed by atoms with van der Waals surface area (Å²) in [6.07, 6.45) is 0. The number of aromatic nitrogens is 2. The number of nitriles is 1. The van der Waals surface area contributed by atoms with Crippen molar-refractivity contribution in [3.05, 3.63) is 82.5 Å². The molecule has 2 N–H and O–H groups in total. The van der Waals surface area contributed by atoms with Gasteiger partial charge >= 0.3 is 65.9 Å². The molecule has 21 nitrogen and oxygen atoms in total. The number of halogens is 9. The van der Waals surface area contributed by atoms with Crippen LogP contribution in [0.25, 0.3) is 32.9 Å². The standard InChI is InChI=1S/C32H38N4O6.C2H3N.3CHF3O3S.Eu.H2O/c37-35-29-21-25-5-1-3-7-27(25)31(35)23-33-9-13-39-17-19-41-15-11-34(12-16-42-20-18-40-14-10-33)24-32-28-8-4-2-6-26(28)22-30(29)36(32)38;1-2-3;3*2-1(3,4)8(5,6)7;;/h1-8,21-22H,9-20,23-24H2;1H3;3*(H,5,6,7);;1H2/q;;;;;+3;/p-3. The topological polar surface area (TPSA) is 324 Å². The fourth-order valence-electron chi connectivity index (χ4n) is 5.73. The number of hydrogen-bond acceptors (Lipinski definition) is 18. The minimum absolute atomic E-state index is 0. The fourth-order valence-corrected chi connectivity index (χ4v) is 5.73. The molecule has 0 amide bonds. The molecule has 1 fully saturated rings. The van der Waals surface area contributed by atoms with Gasteiger partial charge in [-0.1, -0.05) is 36.4 Å². The number of alkyl halides is 9. The molecule has 7 rings (SSSR count). The van der Waals surface area contributed by atoms with E-state index in [-0.39, 0.29) is 54.9 Å². The molecule has 0 aliphatic carbocycles. The van der Waals surface area contributed by atoms with E-state index in [2.05, 4.69) is 9.80 Å². The van der Waals surface area contributed by atoms with E-state index in [0.29, 0.717) is 115 Å². The van der Waals surface area contributed by atoms with Gasteiger partial charge in [0.05, 0.1) is 82.8 Å². The van der Waals surface area contributed by atoms with Crippen LogP contribution in [0.3, 0.4) is 0 Å². The van der Waals surface area contributed by atoms with E-state index in [4.69, 9.17) is 63.1 Å². The number of rotatable bonds is 0. The van der Waals surface area contributed by atoms with Crippen molar-refractivity contribution in [3.63, 3.8) is 0 Å². The molecule has 6 bridgehead atoms. The van der Waals surface area contributed by atoms with Gasteiger partial charge in [-0.3, -0.25) is 9.80 Å². The van der Waals surface area contributed by atoms with Crippen molar-refractivity contribution in [2.45, 2.75) is 36.5 Å². The van der Waals surface area contributed by atoms with Crippen LogP contribution in [0.1, 0.15) is 18.3 Å². The second kappa shape index (κ2) is 30.2. The maximum atomic E-state index is 14.3. The minimum atomic E-state index is -6.09. The van der Waals surface area contributed by atoms with Crippen LogP contribution in [-0.2, 0) is 62.4 Å². The second-order valence-corrected chi connectivity index (χ2v) is 17.8. The third-order valence-electron chi connectivity index (χ3n) is 8.87. The molecular weight excluding hydrogens is 1190 g/mol. The fraction of sp³-hybridized carbons (Fsp3) is 0.486. The van der Waals surface area contributed by atoms with Gasteiger partial charge in [-0.2, -0.15) is 54.2 Å². The van der Waals surface area contributed by atoms with Gasteiger partial charge in [0.2, 0.25) is 11.4 Å². The van der Waals surface area contributed by atoms with Crippen molar-refractivity contribution in [3.8, 4) is 17.5 Å². The Bertz CT molecular complexity index is 2450. The average Bonchev–Trinajstić information content (AvgIpc) is 3.22. The zero-order valence-corrected chi connectivity index (χ0v) is 41.4. The second-order valence-electron chi connectivity index (χ2n) is 13.6. The Morgan fingerprint density at radius 2 is 0.761 bits per heavy atom. The molecule has 3 aliphatic rings. The smallest absolute Gasteiger partial charge is 0.741 e. The van der Waals surface area contributed by atoms with Gasteiger partial charge in [-0.05, 0) is 22.9 Å². The molecule has 0 saturated carbocycles. The van der Waals surface area contributed by atoms with Crippen LogP contribution in [0.15, 0.2) is 60.7 Å². The quantitative estimate of drug-likeness (QED) is 0.0802. The predicted octanol–water partition coefficient (Wildman–Crippen LogP) is 2.48. The Balaban J connectivity index is 0.00000139. The van der Waals surface area contributed by atoms with E-state index < -0.39 is 46.9 Å². The number of hydrogen-bond donors (Lipinski definition) is 0. The first-order valence-corrected chi connectivity index (χ1v) is 23.5. The zero-order valence-electron chi connectivity index (χ0n) is 36.5. The van der Waals surface area contributed by atoms with Crippen LogP contribution in [0.5, 0.6) is 0 Å². The molecule has 3 aliphatic heterocycles. The Morgan fingerprint density at radius 1 is 0.535 bits per heavy atom. The van der Waals surface area contributed by atoms with Gasteiger partial charge < -0.3 is 48.5 Å². The first-order valence-electron chi connectivity index (χ1n) is 19.3. The van der Waals surface area contributed by atoms with Gasteiger partial charge in [0.25, 0.3) is 11.4 Å². The van der Waals surface area contributed by atoms with E-state index in [0.717, 1.165) is 31.0 Å². The number of ether oxygens (including phenoxy) is 4. The average molecular weight is 1230 g/mol. The van der Waals surface area contributed by atoms with Gasteiger partial charge in [-0.25, -0.2) is 25.3 Å². The molecule has 2 aromatic carbocycles. The predicted molar refractivity (Wildman–Crippen MR) is 221 cm³/mol. The van der Waals surface area contributed by atoms with Gasteiger partial charge in [-0.15, -0.1) is 0 Å². The molecule has 400 valence electrons. The molecule has 71 heavy (non-hydrogen) atoms. The summed E-state index contributed by atoms with van der Waals surface area (Å²) in [6, 6.07) is 21.1. The SMILES string of the molecule is CC#N.O.O=S(=O)([O-])C(F)(F)F.O=S(=O)([O-])C(F)(F)F.O=S(=O)([O-])C(F)(F)F.[Eu+3].[O-][n+]1c2cc3ccccc3c1CN1CCOCCOCCN(CCOCCOCC1)Cc1c3ccccc3cc-2[n+]1[O-]. The van der Waals surface area contributed by atoms with Gasteiger partial charge in [0.1, 0.15) is 0 Å². The van der Waals surface area contributed by atoms with Crippen molar-refractivity contribution in [1.29, 1.82) is 5.26 Å². The molecule has 0 unspecified atom stereocenters. The molecular formula is C37H43EuF9N5O16S3. The van der Waals surface area contributed by atoms with Crippen LogP contribution in [0.2, 0.25) is 0 Å².